The van der Waals surface area contributed by atoms with Crippen LogP contribution in [0.1, 0.15) is 31.7 Å². The first kappa shape index (κ1) is 20.6. The summed E-state index contributed by atoms with van der Waals surface area (Å²) < 4.78 is 30.6. The van der Waals surface area contributed by atoms with Crippen molar-refractivity contribution in [3.63, 3.8) is 0 Å². The molecule has 2 aromatic rings. The minimum Gasteiger partial charge on any atom is -0.397 e. The number of rotatable bonds is 6. The molecular formula is C17H25N5O4S2. The summed E-state index contributed by atoms with van der Waals surface area (Å²) in [5.74, 6) is 0.820. The summed E-state index contributed by atoms with van der Waals surface area (Å²) in [6.07, 6.45) is 3.43. The minimum absolute atomic E-state index is 0.0574. The Morgan fingerprint density at radius 1 is 1.43 bits per heavy atom. The van der Waals surface area contributed by atoms with Crippen molar-refractivity contribution in [2.45, 2.75) is 38.6 Å². The van der Waals surface area contributed by atoms with Crippen LogP contribution in [-0.2, 0) is 16.4 Å². The van der Waals surface area contributed by atoms with Crippen molar-refractivity contribution >= 4 is 49.2 Å². The number of primary amides is 1. The van der Waals surface area contributed by atoms with E-state index in [0.717, 1.165) is 29.6 Å². The lowest BCUT2D eigenvalue weighted by molar-refractivity contribution is 0.212. The van der Waals surface area contributed by atoms with Crippen LogP contribution in [0.25, 0.3) is 10.2 Å². The fourth-order valence-electron chi connectivity index (χ4n) is 3.49. The smallest absolute Gasteiger partial charge is 0.397 e. The summed E-state index contributed by atoms with van der Waals surface area (Å²) in [6.45, 7) is 3.48. The summed E-state index contributed by atoms with van der Waals surface area (Å²) in [4.78, 5) is 18.7. The number of carbonyl (C=O) groups excluding carboxylic acids is 1. The third-order valence-corrected chi connectivity index (χ3v) is 6.38. The fourth-order valence-corrected chi connectivity index (χ4v) is 5.32. The number of fused-ring (bicyclic) bond motifs is 1. The molecule has 154 valence electrons. The summed E-state index contributed by atoms with van der Waals surface area (Å²) in [5.41, 5.74) is 12.7. The summed E-state index contributed by atoms with van der Waals surface area (Å²) in [6, 6.07) is 1.96. The molecule has 5 N–H and O–H groups in total. The fraction of sp³-hybridized carbons (Fsp3) is 0.529. The van der Waals surface area contributed by atoms with Crippen molar-refractivity contribution in [3.8, 4) is 5.06 Å². The first-order valence-electron chi connectivity index (χ1n) is 9.09. The highest BCUT2D eigenvalue weighted by Gasteiger charge is 2.24. The molecule has 0 saturated carbocycles. The quantitative estimate of drug-likeness (QED) is 0.638. The second kappa shape index (κ2) is 8.10. The molecule has 2 aromatic heterocycles. The van der Waals surface area contributed by atoms with Crippen molar-refractivity contribution in [1.29, 1.82) is 0 Å². The number of nitrogen functional groups attached to an aromatic ring is 1. The van der Waals surface area contributed by atoms with Crippen molar-refractivity contribution < 1.29 is 17.9 Å². The van der Waals surface area contributed by atoms with Crippen LogP contribution in [-0.4, -0.2) is 44.9 Å². The first-order valence-corrected chi connectivity index (χ1v) is 11.8. The molecule has 0 spiro atoms. The van der Waals surface area contributed by atoms with Gasteiger partial charge in [-0.2, -0.15) is 0 Å². The average Bonchev–Trinajstić information content (AvgIpc) is 2.89. The number of aromatic nitrogens is 1. The van der Waals surface area contributed by atoms with E-state index in [0.29, 0.717) is 36.4 Å². The van der Waals surface area contributed by atoms with Gasteiger partial charge in [-0.25, -0.2) is 22.9 Å². The Balaban J connectivity index is 1.89. The maximum atomic E-state index is 11.4. The van der Waals surface area contributed by atoms with Crippen LogP contribution in [0.15, 0.2) is 6.07 Å². The highest BCUT2D eigenvalue weighted by molar-refractivity contribution is 7.88. The van der Waals surface area contributed by atoms with E-state index in [4.69, 9.17) is 21.2 Å². The molecule has 0 unspecified atom stereocenters. The van der Waals surface area contributed by atoms with Crippen molar-refractivity contribution in [2.75, 3.05) is 30.0 Å². The van der Waals surface area contributed by atoms with E-state index in [2.05, 4.69) is 16.5 Å². The molecule has 1 aliphatic heterocycles. The monoisotopic (exact) mass is 427 g/mol. The van der Waals surface area contributed by atoms with Crippen LogP contribution in [0.4, 0.5) is 16.3 Å². The predicted octanol–water partition coefficient (Wildman–Crippen LogP) is 1.81. The number of ether oxygens (including phenoxy) is 1. The standard InChI is InChI=1S/C17H25N5O4S2/c1-3-4-10-9-12(22-7-5-11(6-8-22)21-28(2,24)25)20-15-13(10)14(18)16(27-15)26-17(19)23/h9,11,21H,3-8,18H2,1-2H3,(H2,19,23). The molecule has 0 atom stereocenters. The Bertz CT molecular complexity index is 981. The highest BCUT2D eigenvalue weighted by Crippen LogP contribution is 2.42. The number of amides is 1. The zero-order valence-electron chi connectivity index (χ0n) is 15.9. The third-order valence-electron chi connectivity index (χ3n) is 4.65. The molecule has 28 heavy (non-hydrogen) atoms. The van der Waals surface area contributed by atoms with Gasteiger partial charge in [0.15, 0.2) is 0 Å². The number of nitrogens with two attached hydrogens (primary N) is 2. The van der Waals surface area contributed by atoms with Gasteiger partial charge in [-0.15, -0.1) is 0 Å². The molecule has 3 heterocycles. The van der Waals surface area contributed by atoms with Crippen molar-refractivity contribution in [2.24, 2.45) is 5.73 Å². The van der Waals surface area contributed by atoms with Crippen molar-refractivity contribution in [3.05, 3.63) is 11.6 Å². The SMILES string of the molecule is CCCc1cc(N2CCC(NS(C)(=O)=O)CC2)nc2sc(OC(N)=O)c(N)c12. The van der Waals surface area contributed by atoms with Gasteiger partial charge in [0.25, 0.3) is 0 Å². The van der Waals surface area contributed by atoms with Gasteiger partial charge in [0.05, 0.1) is 11.9 Å². The number of aryl methyl sites for hydroxylation is 1. The first-order chi connectivity index (χ1) is 13.2. The number of nitrogens with zero attached hydrogens (tertiary/aromatic N) is 2. The number of anilines is 2. The van der Waals surface area contributed by atoms with E-state index in [-0.39, 0.29) is 11.1 Å². The van der Waals surface area contributed by atoms with Gasteiger partial charge in [0.2, 0.25) is 15.1 Å². The van der Waals surface area contributed by atoms with Crippen molar-refractivity contribution in [1.82, 2.24) is 9.71 Å². The maximum absolute atomic E-state index is 11.4. The molecule has 1 aliphatic rings. The van der Waals surface area contributed by atoms with Crippen LogP contribution in [0.2, 0.25) is 0 Å². The molecule has 0 radical (unpaired) electrons. The molecule has 1 fully saturated rings. The summed E-state index contributed by atoms with van der Waals surface area (Å²) in [7, 11) is -3.21. The largest absolute Gasteiger partial charge is 0.410 e. The van der Waals surface area contributed by atoms with Gasteiger partial charge >= 0.3 is 6.09 Å². The van der Waals surface area contributed by atoms with E-state index >= 15 is 0 Å². The number of hydrogen-bond donors (Lipinski definition) is 3. The number of hydrogen-bond acceptors (Lipinski definition) is 8. The van der Waals surface area contributed by atoms with Gasteiger partial charge in [-0.1, -0.05) is 24.7 Å². The van der Waals surface area contributed by atoms with E-state index < -0.39 is 16.1 Å². The Morgan fingerprint density at radius 3 is 2.68 bits per heavy atom. The number of thiophene rings is 1. The van der Waals surface area contributed by atoms with Crippen LogP contribution >= 0.6 is 11.3 Å². The lowest BCUT2D eigenvalue weighted by Crippen LogP contribution is -2.44. The predicted molar refractivity (Wildman–Crippen MR) is 111 cm³/mol. The Kier molecular flexibility index (Phi) is 5.96. The van der Waals surface area contributed by atoms with Gasteiger partial charge in [0.1, 0.15) is 10.6 Å². The third kappa shape index (κ3) is 4.65. The van der Waals surface area contributed by atoms with E-state index in [1.165, 1.54) is 17.6 Å². The van der Waals surface area contributed by atoms with E-state index in [9.17, 15) is 13.2 Å². The number of sulfonamides is 1. The summed E-state index contributed by atoms with van der Waals surface area (Å²) in [5, 5.41) is 1.07. The molecular weight excluding hydrogens is 402 g/mol. The molecule has 1 saturated heterocycles. The van der Waals surface area contributed by atoms with Crippen LogP contribution < -0.4 is 25.8 Å². The van der Waals surface area contributed by atoms with Gasteiger partial charge in [-0.05, 0) is 30.9 Å². The van der Waals surface area contributed by atoms with E-state index in [1.807, 2.05) is 6.07 Å². The van der Waals surface area contributed by atoms with Gasteiger partial charge in [-0.3, -0.25) is 0 Å². The minimum atomic E-state index is -3.21. The number of piperidine rings is 1. The average molecular weight is 428 g/mol. The van der Waals surface area contributed by atoms with Gasteiger partial charge in [0, 0.05) is 24.5 Å². The zero-order chi connectivity index (χ0) is 20.5. The second-order valence-electron chi connectivity index (χ2n) is 6.95. The molecule has 0 bridgehead atoms. The van der Waals surface area contributed by atoms with Gasteiger partial charge < -0.3 is 21.1 Å². The van der Waals surface area contributed by atoms with Crippen LogP contribution in [0, 0.1) is 0 Å². The van der Waals surface area contributed by atoms with Crippen LogP contribution in [0.3, 0.4) is 0 Å². The molecule has 1 amide bonds. The molecule has 0 aromatic carbocycles. The topological polar surface area (TPSA) is 141 Å². The number of carbonyl (C=O) groups is 1. The van der Waals surface area contributed by atoms with E-state index in [1.54, 1.807) is 0 Å². The molecule has 0 aliphatic carbocycles. The summed E-state index contributed by atoms with van der Waals surface area (Å²) >= 11 is 1.20. The number of pyridine rings is 1. The molecule has 11 heteroatoms. The zero-order valence-corrected chi connectivity index (χ0v) is 17.5. The Hall–Kier alpha value is -2.11. The lowest BCUT2D eigenvalue weighted by Gasteiger charge is -2.33. The Labute approximate surface area is 168 Å². The highest BCUT2D eigenvalue weighted by atomic mass is 32.2. The van der Waals surface area contributed by atoms with Crippen LogP contribution in [0.5, 0.6) is 5.06 Å². The number of nitrogens with one attached hydrogen (secondary N) is 1. The maximum Gasteiger partial charge on any atom is 0.410 e. The lowest BCUT2D eigenvalue weighted by atomic mass is 10.0. The molecule has 3 rings (SSSR count). The molecule has 9 nitrogen and oxygen atoms in total. The normalized spacial score (nSPS) is 15.9. The second-order valence-corrected chi connectivity index (χ2v) is 9.69. The Morgan fingerprint density at radius 2 is 2.11 bits per heavy atom.